The van der Waals surface area contributed by atoms with Gasteiger partial charge in [-0.1, -0.05) is 12.8 Å². The summed E-state index contributed by atoms with van der Waals surface area (Å²) in [5.74, 6) is 1.90. The second-order valence-corrected chi connectivity index (χ2v) is 4.07. The maximum absolute atomic E-state index is 5.51. The predicted molar refractivity (Wildman–Crippen MR) is 57.3 cm³/mol. The van der Waals surface area contributed by atoms with Crippen LogP contribution in [-0.2, 0) is 0 Å². The lowest BCUT2D eigenvalue weighted by atomic mass is 10.1. The van der Waals surface area contributed by atoms with Gasteiger partial charge < -0.3 is 10.7 Å². The van der Waals surface area contributed by atoms with Crippen LogP contribution in [0.2, 0.25) is 0 Å². The molecule has 0 unspecified atom stereocenters. The molecule has 1 aliphatic carbocycles. The number of hydrogen-bond acceptors (Lipinski definition) is 4. The van der Waals surface area contributed by atoms with Crippen molar-refractivity contribution in [3.05, 3.63) is 12.0 Å². The normalized spacial score (nSPS) is 17.6. The first-order valence-electron chi connectivity index (χ1n) is 5.31. The van der Waals surface area contributed by atoms with E-state index < -0.39 is 0 Å². The Labute approximate surface area is 87.1 Å². The molecule has 3 N–H and O–H groups in total. The Balaban J connectivity index is 2.05. The van der Waals surface area contributed by atoms with E-state index >= 15 is 0 Å². The summed E-state index contributed by atoms with van der Waals surface area (Å²) in [5, 5.41) is 0. The molecule has 0 bridgehead atoms. The Morgan fingerprint density at radius 1 is 1.27 bits per heavy atom. The number of nitrogens with two attached hydrogens (primary N) is 1. The van der Waals surface area contributed by atoms with Gasteiger partial charge in [0.25, 0.3) is 0 Å². The van der Waals surface area contributed by atoms with Crippen LogP contribution in [0.3, 0.4) is 0 Å². The number of aromatic amines is 1. The molecule has 0 atom stereocenters. The van der Waals surface area contributed by atoms with Gasteiger partial charge in [0, 0.05) is 5.92 Å². The number of anilines is 1. The maximum Gasteiger partial charge on any atom is 0.222 e. The first kappa shape index (κ1) is 8.64. The average Bonchev–Trinajstić information content (AvgIpc) is 2.84. The Kier molecular flexibility index (Phi) is 1.83. The van der Waals surface area contributed by atoms with Gasteiger partial charge in [0.15, 0.2) is 5.65 Å². The summed E-state index contributed by atoms with van der Waals surface area (Å²) < 4.78 is 0. The number of H-pyrrole nitrogens is 1. The first-order valence-corrected chi connectivity index (χ1v) is 5.31. The number of nitrogens with zero attached hydrogens (tertiary/aromatic N) is 3. The van der Waals surface area contributed by atoms with E-state index in [1.807, 2.05) is 0 Å². The molecule has 3 rings (SSSR count). The molecule has 1 fully saturated rings. The second-order valence-electron chi connectivity index (χ2n) is 4.07. The third-order valence-corrected chi connectivity index (χ3v) is 3.02. The lowest BCUT2D eigenvalue weighted by Gasteiger charge is -2.02. The van der Waals surface area contributed by atoms with E-state index in [2.05, 4.69) is 19.9 Å². The molecule has 0 saturated heterocycles. The van der Waals surface area contributed by atoms with E-state index in [0.29, 0.717) is 11.6 Å². The Morgan fingerprint density at radius 2 is 2.07 bits per heavy atom. The molecule has 5 heteroatoms. The third-order valence-electron chi connectivity index (χ3n) is 3.02. The Morgan fingerprint density at radius 3 is 2.87 bits per heavy atom. The molecule has 0 aromatic carbocycles. The lowest BCUT2D eigenvalue weighted by molar-refractivity contribution is 0.681. The fraction of sp³-hybridized carbons (Fsp3) is 0.500. The molecule has 1 saturated carbocycles. The maximum atomic E-state index is 5.51. The summed E-state index contributed by atoms with van der Waals surface area (Å²) in [7, 11) is 0. The van der Waals surface area contributed by atoms with Gasteiger partial charge in [0.1, 0.15) is 11.3 Å². The van der Waals surface area contributed by atoms with Crippen molar-refractivity contribution < 1.29 is 0 Å². The van der Waals surface area contributed by atoms with Gasteiger partial charge in [-0.25, -0.2) is 9.97 Å². The zero-order valence-corrected chi connectivity index (χ0v) is 8.40. The minimum absolute atomic E-state index is 0.284. The molecular formula is C10H13N5. The summed E-state index contributed by atoms with van der Waals surface area (Å²) in [6.07, 6.45) is 6.75. The second kappa shape index (κ2) is 3.18. The van der Waals surface area contributed by atoms with E-state index in [9.17, 15) is 0 Å². The highest BCUT2D eigenvalue weighted by atomic mass is 15.1. The molecule has 1 aliphatic rings. The van der Waals surface area contributed by atoms with Crippen LogP contribution >= 0.6 is 0 Å². The van der Waals surface area contributed by atoms with Crippen LogP contribution in [0, 0.1) is 0 Å². The summed E-state index contributed by atoms with van der Waals surface area (Å²) in [6.45, 7) is 0. The van der Waals surface area contributed by atoms with Crippen LogP contribution in [0.1, 0.15) is 37.4 Å². The van der Waals surface area contributed by atoms with Gasteiger partial charge in [0.2, 0.25) is 5.95 Å². The monoisotopic (exact) mass is 203 g/mol. The third kappa shape index (κ3) is 1.44. The molecule has 2 aromatic heterocycles. The molecule has 2 aromatic rings. The predicted octanol–water partition coefficient (Wildman–Crippen LogP) is 1.59. The number of hydrogen-bond donors (Lipinski definition) is 2. The standard InChI is InChI=1S/C10H13N5/c11-10-12-5-7-9(15-10)14-8(13-7)6-3-1-2-4-6/h5-6H,1-4H2,(H3,11,12,13,14,15). The van der Waals surface area contributed by atoms with Crippen molar-refractivity contribution in [2.75, 3.05) is 5.73 Å². The van der Waals surface area contributed by atoms with Crippen LogP contribution in [-0.4, -0.2) is 19.9 Å². The minimum atomic E-state index is 0.284. The number of imidazole rings is 1. The fourth-order valence-electron chi connectivity index (χ4n) is 2.23. The van der Waals surface area contributed by atoms with Crippen molar-refractivity contribution in [1.82, 2.24) is 19.9 Å². The molecular weight excluding hydrogens is 190 g/mol. The number of aromatic nitrogens is 4. The zero-order valence-electron chi connectivity index (χ0n) is 8.40. The highest BCUT2D eigenvalue weighted by Crippen LogP contribution is 2.32. The van der Waals surface area contributed by atoms with Crippen LogP contribution in [0.15, 0.2) is 6.20 Å². The molecule has 15 heavy (non-hydrogen) atoms. The molecule has 5 nitrogen and oxygen atoms in total. The number of fused-ring (bicyclic) bond motifs is 1. The molecule has 0 amide bonds. The van der Waals surface area contributed by atoms with E-state index in [-0.39, 0.29) is 5.95 Å². The number of rotatable bonds is 1. The largest absolute Gasteiger partial charge is 0.368 e. The molecule has 78 valence electrons. The number of nitrogen functional groups attached to an aromatic ring is 1. The van der Waals surface area contributed by atoms with Gasteiger partial charge in [-0.15, -0.1) is 0 Å². The minimum Gasteiger partial charge on any atom is -0.368 e. The van der Waals surface area contributed by atoms with Gasteiger partial charge >= 0.3 is 0 Å². The van der Waals surface area contributed by atoms with Crippen molar-refractivity contribution in [3.8, 4) is 0 Å². The van der Waals surface area contributed by atoms with E-state index in [0.717, 1.165) is 11.3 Å². The van der Waals surface area contributed by atoms with Crippen LogP contribution < -0.4 is 5.73 Å². The first-order chi connectivity index (χ1) is 7.33. The van der Waals surface area contributed by atoms with Crippen molar-refractivity contribution in [3.63, 3.8) is 0 Å². The van der Waals surface area contributed by atoms with Gasteiger partial charge in [-0.3, -0.25) is 0 Å². The quantitative estimate of drug-likeness (QED) is 0.737. The molecule has 2 heterocycles. The smallest absolute Gasteiger partial charge is 0.222 e. The van der Waals surface area contributed by atoms with Crippen molar-refractivity contribution >= 4 is 17.1 Å². The summed E-state index contributed by atoms with van der Waals surface area (Å²) >= 11 is 0. The molecule has 0 spiro atoms. The summed E-state index contributed by atoms with van der Waals surface area (Å²) in [6, 6.07) is 0. The average molecular weight is 203 g/mol. The SMILES string of the molecule is Nc1ncc2[nH]c(C3CCCC3)nc2n1. The number of nitrogens with one attached hydrogen (secondary N) is 1. The summed E-state index contributed by atoms with van der Waals surface area (Å²) in [4.78, 5) is 15.8. The Bertz CT molecular complexity index is 484. The van der Waals surface area contributed by atoms with Crippen LogP contribution in [0.4, 0.5) is 5.95 Å². The molecule has 0 aliphatic heterocycles. The van der Waals surface area contributed by atoms with Gasteiger partial charge in [0.05, 0.1) is 6.20 Å². The Hall–Kier alpha value is -1.65. The van der Waals surface area contributed by atoms with Crippen molar-refractivity contribution in [1.29, 1.82) is 0 Å². The zero-order chi connectivity index (χ0) is 10.3. The molecule has 0 radical (unpaired) electrons. The fourth-order valence-corrected chi connectivity index (χ4v) is 2.23. The van der Waals surface area contributed by atoms with E-state index in [4.69, 9.17) is 5.73 Å². The van der Waals surface area contributed by atoms with E-state index in [1.165, 1.54) is 25.7 Å². The van der Waals surface area contributed by atoms with Crippen molar-refractivity contribution in [2.24, 2.45) is 0 Å². The topological polar surface area (TPSA) is 80.5 Å². The lowest BCUT2D eigenvalue weighted by Crippen LogP contribution is -1.94. The highest BCUT2D eigenvalue weighted by molar-refractivity contribution is 5.70. The van der Waals surface area contributed by atoms with Crippen molar-refractivity contribution in [2.45, 2.75) is 31.6 Å². The van der Waals surface area contributed by atoms with Gasteiger partial charge in [-0.2, -0.15) is 4.98 Å². The highest BCUT2D eigenvalue weighted by Gasteiger charge is 2.20. The summed E-state index contributed by atoms with van der Waals surface area (Å²) in [5.41, 5.74) is 7.08. The van der Waals surface area contributed by atoms with E-state index in [1.54, 1.807) is 6.20 Å². The van der Waals surface area contributed by atoms with Crippen LogP contribution in [0.25, 0.3) is 11.2 Å². The van der Waals surface area contributed by atoms with Crippen LogP contribution in [0.5, 0.6) is 0 Å². The van der Waals surface area contributed by atoms with Gasteiger partial charge in [-0.05, 0) is 12.8 Å².